The molecule has 1 unspecified atom stereocenters. The van der Waals surface area contributed by atoms with E-state index >= 15 is 0 Å². The summed E-state index contributed by atoms with van der Waals surface area (Å²) in [7, 11) is 0. The van der Waals surface area contributed by atoms with Crippen LogP contribution in [-0.4, -0.2) is 11.9 Å². The number of hydrogen-bond acceptors (Lipinski definition) is 1. The van der Waals surface area contributed by atoms with Crippen LogP contribution in [0.5, 0.6) is 0 Å². The first-order valence-corrected chi connectivity index (χ1v) is 4.29. The fraction of sp³-hybridized carbons (Fsp3) is 0.625. The van der Waals surface area contributed by atoms with Gasteiger partial charge in [-0.2, -0.15) is 0 Å². The minimum atomic E-state index is -0.233. The van der Waals surface area contributed by atoms with E-state index in [4.69, 9.17) is 0 Å². The van der Waals surface area contributed by atoms with Crippen LogP contribution in [0.2, 0.25) is 0 Å². The van der Waals surface area contributed by atoms with E-state index in [-0.39, 0.29) is 11.9 Å². The standard InChI is InChI=1S/C8H12BrNO/c1-6(2)7(3)10-8(11)4-5-9/h6-7H,1-3H3,(H,10,11). The molecule has 0 saturated heterocycles. The van der Waals surface area contributed by atoms with Gasteiger partial charge >= 0.3 is 0 Å². The van der Waals surface area contributed by atoms with Crippen molar-refractivity contribution < 1.29 is 4.79 Å². The van der Waals surface area contributed by atoms with Crippen molar-refractivity contribution in [3.8, 4) is 10.8 Å². The first-order valence-electron chi connectivity index (χ1n) is 3.50. The molecule has 0 fully saturated rings. The maximum Gasteiger partial charge on any atom is 0.296 e. The van der Waals surface area contributed by atoms with Crippen molar-refractivity contribution in [2.45, 2.75) is 26.8 Å². The molecule has 62 valence electrons. The molecule has 2 nitrogen and oxygen atoms in total. The summed E-state index contributed by atoms with van der Waals surface area (Å²) in [6, 6.07) is 0.177. The molecule has 0 radical (unpaired) electrons. The van der Waals surface area contributed by atoms with E-state index in [1.54, 1.807) is 0 Å². The molecule has 0 saturated carbocycles. The fourth-order valence-corrected chi connectivity index (χ4v) is 0.633. The van der Waals surface area contributed by atoms with Crippen molar-refractivity contribution in [1.29, 1.82) is 0 Å². The average molecular weight is 218 g/mol. The largest absolute Gasteiger partial charge is 0.343 e. The highest BCUT2D eigenvalue weighted by Gasteiger charge is 2.07. The molecule has 0 aromatic heterocycles. The van der Waals surface area contributed by atoms with Crippen molar-refractivity contribution in [1.82, 2.24) is 5.32 Å². The Labute approximate surface area is 75.9 Å². The minimum Gasteiger partial charge on any atom is -0.343 e. The summed E-state index contributed by atoms with van der Waals surface area (Å²) < 4.78 is 0. The maximum atomic E-state index is 10.8. The number of amides is 1. The molecule has 0 heterocycles. The molecule has 0 bridgehead atoms. The predicted octanol–water partition coefficient (Wildman–Crippen LogP) is 1.50. The lowest BCUT2D eigenvalue weighted by atomic mass is 10.1. The second-order valence-electron chi connectivity index (χ2n) is 2.73. The molecule has 0 aromatic carbocycles. The van der Waals surface area contributed by atoms with Gasteiger partial charge in [-0.1, -0.05) is 13.8 Å². The van der Waals surface area contributed by atoms with Crippen LogP contribution in [0, 0.1) is 16.7 Å². The SMILES string of the molecule is CC(C)C(C)NC(=O)C#CBr. The lowest BCUT2D eigenvalue weighted by Crippen LogP contribution is -2.35. The van der Waals surface area contributed by atoms with Crippen LogP contribution < -0.4 is 5.32 Å². The zero-order valence-corrected chi connectivity index (χ0v) is 8.53. The van der Waals surface area contributed by atoms with Gasteiger partial charge in [0.2, 0.25) is 0 Å². The van der Waals surface area contributed by atoms with Crippen molar-refractivity contribution in [2.75, 3.05) is 0 Å². The highest BCUT2D eigenvalue weighted by molar-refractivity contribution is 9.12. The van der Waals surface area contributed by atoms with Gasteiger partial charge in [0.05, 0.1) is 0 Å². The third-order valence-corrected chi connectivity index (χ3v) is 1.72. The highest BCUT2D eigenvalue weighted by Crippen LogP contribution is 1.98. The molecule has 1 amide bonds. The summed E-state index contributed by atoms with van der Waals surface area (Å²) >= 11 is 2.85. The maximum absolute atomic E-state index is 10.8. The molecular weight excluding hydrogens is 206 g/mol. The quantitative estimate of drug-likeness (QED) is 0.699. The molecule has 11 heavy (non-hydrogen) atoms. The van der Waals surface area contributed by atoms with Gasteiger partial charge in [0.1, 0.15) is 0 Å². The Balaban J connectivity index is 3.82. The topological polar surface area (TPSA) is 29.1 Å². The second-order valence-corrected chi connectivity index (χ2v) is 3.12. The molecule has 0 rings (SSSR count). The van der Waals surface area contributed by atoms with Crippen LogP contribution in [0.25, 0.3) is 0 Å². The third kappa shape index (κ3) is 4.86. The minimum absolute atomic E-state index is 0.177. The van der Waals surface area contributed by atoms with E-state index in [0.717, 1.165) is 0 Å². The Morgan fingerprint density at radius 3 is 2.36 bits per heavy atom. The van der Waals surface area contributed by atoms with Crippen molar-refractivity contribution in [3.63, 3.8) is 0 Å². The first-order chi connectivity index (χ1) is 5.07. The second kappa shape index (κ2) is 5.20. The van der Waals surface area contributed by atoms with Crippen LogP contribution in [0.4, 0.5) is 0 Å². The molecule has 0 aliphatic heterocycles. The number of carbonyl (C=O) groups is 1. The number of carbonyl (C=O) groups excluding carboxylic acids is 1. The van der Waals surface area contributed by atoms with Crippen molar-refractivity contribution in [2.24, 2.45) is 5.92 Å². The summed E-state index contributed by atoms with van der Waals surface area (Å²) in [4.78, 5) is 13.2. The van der Waals surface area contributed by atoms with E-state index in [2.05, 4.69) is 32.0 Å². The van der Waals surface area contributed by atoms with E-state index < -0.39 is 0 Å². The molecule has 0 aromatic rings. The smallest absolute Gasteiger partial charge is 0.296 e. The van der Waals surface area contributed by atoms with Gasteiger partial charge in [-0.25, -0.2) is 0 Å². The zero-order valence-electron chi connectivity index (χ0n) is 6.94. The number of nitrogens with one attached hydrogen (secondary N) is 1. The first kappa shape index (κ1) is 10.5. The molecule has 0 aliphatic carbocycles. The van der Waals surface area contributed by atoms with Gasteiger partial charge < -0.3 is 5.32 Å². The molecule has 0 spiro atoms. The molecule has 3 heteroatoms. The summed E-state index contributed by atoms with van der Waals surface area (Å²) in [6.07, 6.45) is 0. The van der Waals surface area contributed by atoms with Gasteiger partial charge in [0.25, 0.3) is 5.91 Å². The third-order valence-electron chi connectivity index (χ3n) is 1.52. The van der Waals surface area contributed by atoms with Crippen molar-refractivity contribution >= 4 is 21.8 Å². The summed E-state index contributed by atoms with van der Waals surface area (Å²) in [5.41, 5.74) is 0. The van der Waals surface area contributed by atoms with Crippen LogP contribution >= 0.6 is 15.9 Å². The monoisotopic (exact) mass is 217 g/mol. The van der Waals surface area contributed by atoms with Gasteiger partial charge in [-0.15, -0.1) is 0 Å². The molecule has 1 atom stereocenters. The van der Waals surface area contributed by atoms with Crippen LogP contribution in [0.1, 0.15) is 20.8 Å². The Hall–Kier alpha value is -0.490. The lowest BCUT2D eigenvalue weighted by Gasteiger charge is -2.14. The predicted molar refractivity (Wildman–Crippen MR) is 49.1 cm³/mol. The van der Waals surface area contributed by atoms with E-state index in [1.165, 1.54) is 0 Å². The normalized spacial score (nSPS) is 11.7. The van der Waals surface area contributed by atoms with E-state index in [9.17, 15) is 4.79 Å². The van der Waals surface area contributed by atoms with Crippen LogP contribution in [-0.2, 0) is 4.79 Å². The Morgan fingerprint density at radius 2 is 2.00 bits per heavy atom. The summed E-state index contributed by atoms with van der Waals surface area (Å²) in [5, 5.41) is 2.74. The van der Waals surface area contributed by atoms with Gasteiger partial charge in [-0.3, -0.25) is 4.79 Å². The summed E-state index contributed by atoms with van der Waals surface area (Å²) in [5.74, 6) is 2.56. The zero-order chi connectivity index (χ0) is 8.85. The lowest BCUT2D eigenvalue weighted by molar-refractivity contribution is -0.116. The number of rotatable bonds is 2. The Bertz CT molecular complexity index is 190. The average Bonchev–Trinajstić information content (AvgIpc) is 1.87. The van der Waals surface area contributed by atoms with Crippen molar-refractivity contribution in [3.05, 3.63) is 0 Å². The Kier molecular flexibility index (Phi) is 4.97. The van der Waals surface area contributed by atoms with Gasteiger partial charge in [0.15, 0.2) is 0 Å². The van der Waals surface area contributed by atoms with Gasteiger partial charge in [-0.05, 0) is 17.7 Å². The molecule has 0 aliphatic rings. The molecule has 1 N–H and O–H groups in total. The highest BCUT2D eigenvalue weighted by atomic mass is 79.9. The molecular formula is C8H12BrNO. The number of hydrogen-bond donors (Lipinski definition) is 1. The fourth-order valence-electron chi connectivity index (χ4n) is 0.452. The van der Waals surface area contributed by atoms with E-state index in [1.807, 2.05) is 20.8 Å². The van der Waals surface area contributed by atoms with E-state index in [0.29, 0.717) is 5.92 Å². The van der Waals surface area contributed by atoms with Crippen LogP contribution in [0.15, 0.2) is 0 Å². The number of halogens is 1. The van der Waals surface area contributed by atoms with Crippen LogP contribution in [0.3, 0.4) is 0 Å². The summed E-state index contributed by atoms with van der Waals surface area (Å²) in [6.45, 7) is 6.05. The van der Waals surface area contributed by atoms with Gasteiger partial charge in [0, 0.05) is 27.9 Å². The Morgan fingerprint density at radius 1 is 1.45 bits per heavy atom.